The van der Waals surface area contributed by atoms with E-state index in [2.05, 4.69) is 45.8 Å². The Balaban J connectivity index is 1.55. The van der Waals surface area contributed by atoms with Crippen LogP contribution in [0, 0.1) is 11.3 Å². The molecule has 0 spiro atoms. The minimum Gasteiger partial charge on any atom is -0.303 e. The largest absolute Gasteiger partial charge is 0.303 e. The smallest absolute Gasteiger partial charge is 0.240 e. The summed E-state index contributed by atoms with van der Waals surface area (Å²) in [7, 11) is -1.41. The van der Waals surface area contributed by atoms with Crippen molar-refractivity contribution in [2.75, 3.05) is 39.8 Å². The molecule has 0 radical (unpaired) electrons. The van der Waals surface area contributed by atoms with Gasteiger partial charge in [0.25, 0.3) is 0 Å². The first-order valence-corrected chi connectivity index (χ1v) is 11.0. The predicted molar refractivity (Wildman–Crippen MR) is 109 cm³/mol. The maximum Gasteiger partial charge on any atom is 0.240 e. The summed E-state index contributed by atoms with van der Waals surface area (Å²) in [6.45, 7) is 4.18. The van der Waals surface area contributed by atoms with Crippen molar-refractivity contribution in [3.8, 4) is 6.07 Å². The standard InChI is InChI=1S/C21H26N4O2S/c1-24-14-15-25(21(17-24)19-6-3-2-4-7-19)13-5-12-23-28(26,27)20-10-8-18(16-22)9-11-20/h2-4,6-11,21,23H,5,12-15,17H2,1H3/t21-/m1/s1. The zero-order valence-corrected chi connectivity index (χ0v) is 16.9. The third-order valence-corrected chi connectivity index (χ3v) is 6.56. The molecule has 0 aromatic heterocycles. The highest BCUT2D eigenvalue weighted by Crippen LogP contribution is 2.24. The molecular formula is C21H26N4O2S. The summed E-state index contributed by atoms with van der Waals surface area (Å²) in [5, 5.41) is 8.83. The van der Waals surface area contributed by atoms with E-state index in [1.165, 1.54) is 29.8 Å². The van der Waals surface area contributed by atoms with Crippen LogP contribution in [0.2, 0.25) is 0 Å². The minimum atomic E-state index is -3.55. The summed E-state index contributed by atoms with van der Waals surface area (Å²) in [5.41, 5.74) is 1.74. The molecule has 0 aliphatic carbocycles. The summed E-state index contributed by atoms with van der Waals surface area (Å²) < 4.78 is 27.5. The maximum atomic E-state index is 12.4. The summed E-state index contributed by atoms with van der Waals surface area (Å²) in [5.74, 6) is 0. The normalized spacial score (nSPS) is 18.6. The van der Waals surface area contributed by atoms with Gasteiger partial charge in [0.05, 0.1) is 16.5 Å². The number of piperazine rings is 1. The van der Waals surface area contributed by atoms with Gasteiger partial charge in [-0.25, -0.2) is 13.1 Å². The molecule has 0 amide bonds. The molecule has 7 heteroatoms. The molecule has 3 rings (SSSR count). The highest BCUT2D eigenvalue weighted by Gasteiger charge is 2.26. The van der Waals surface area contributed by atoms with E-state index in [9.17, 15) is 8.42 Å². The summed E-state index contributed by atoms with van der Waals surface area (Å²) in [6, 6.07) is 18.8. The number of rotatable bonds is 7. The Morgan fingerprint density at radius 3 is 2.50 bits per heavy atom. The molecule has 0 bridgehead atoms. The SMILES string of the molecule is CN1CCN(CCCNS(=O)(=O)c2ccc(C#N)cc2)[C@@H](c2ccccc2)C1. The topological polar surface area (TPSA) is 76.4 Å². The van der Waals surface area contributed by atoms with Gasteiger partial charge in [0, 0.05) is 38.8 Å². The van der Waals surface area contributed by atoms with Gasteiger partial charge in [-0.2, -0.15) is 5.26 Å². The van der Waals surface area contributed by atoms with E-state index in [0.29, 0.717) is 18.2 Å². The van der Waals surface area contributed by atoms with Crippen molar-refractivity contribution >= 4 is 10.0 Å². The van der Waals surface area contributed by atoms with Gasteiger partial charge in [-0.1, -0.05) is 30.3 Å². The second kappa shape index (κ2) is 9.30. The summed E-state index contributed by atoms with van der Waals surface area (Å²) in [4.78, 5) is 4.96. The first-order valence-electron chi connectivity index (χ1n) is 9.47. The Labute approximate surface area is 167 Å². The van der Waals surface area contributed by atoms with Gasteiger partial charge in [-0.3, -0.25) is 4.90 Å². The number of hydrogen-bond acceptors (Lipinski definition) is 5. The van der Waals surface area contributed by atoms with Crippen molar-refractivity contribution < 1.29 is 8.42 Å². The molecule has 6 nitrogen and oxygen atoms in total. The molecule has 2 aromatic rings. The lowest BCUT2D eigenvalue weighted by atomic mass is 10.0. The maximum absolute atomic E-state index is 12.4. The van der Waals surface area contributed by atoms with E-state index in [1.54, 1.807) is 0 Å². The van der Waals surface area contributed by atoms with Crippen molar-refractivity contribution in [3.63, 3.8) is 0 Å². The molecule has 2 aromatic carbocycles. The lowest BCUT2D eigenvalue weighted by Gasteiger charge is -2.40. The molecule has 1 N–H and O–H groups in total. The third-order valence-electron chi connectivity index (χ3n) is 5.09. The number of benzene rings is 2. The second-order valence-corrected chi connectivity index (χ2v) is 8.88. The minimum absolute atomic E-state index is 0.188. The second-order valence-electron chi connectivity index (χ2n) is 7.11. The van der Waals surface area contributed by atoms with Gasteiger partial charge < -0.3 is 4.90 Å². The van der Waals surface area contributed by atoms with Crippen LogP contribution in [0.4, 0.5) is 0 Å². The Morgan fingerprint density at radius 1 is 1.11 bits per heavy atom. The summed E-state index contributed by atoms with van der Waals surface area (Å²) >= 11 is 0. The Kier molecular flexibility index (Phi) is 6.81. The molecule has 1 aliphatic heterocycles. The van der Waals surface area contributed by atoms with Crippen molar-refractivity contribution in [1.29, 1.82) is 5.26 Å². The fourth-order valence-electron chi connectivity index (χ4n) is 3.50. The molecule has 1 heterocycles. The lowest BCUT2D eigenvalue weighted by Crippen LogP contribution is -2.47. The van der Waals surface area contributed by atoms with Crippen LogP contribution >= 0.6 is 0 Å². The molecule has 1 atom stereocenters. The highest BCUT2D eigenvalue weighted by atomic mass is 32.2. The van der Waals surface area contributed by atoms with E-state index in [-0.39, 0.29) is 4.90 Å². The average molecular weight is 399 g/mol. The van der Waals surface area contributed by atoms with Crippen molar-refractivity contribution in [2.45, 2.75) is 17.4 Å². The van der Waals surface area contributed by atoms with Crippen molar-refractivity contribution in [3.05, 3.63) is 65.7 Å². The van der Waals surface area contributed by atoms with Gasteiger partial charge in [-0.15, -0.1) is 0 Å². The first-order chi connectivity index (χ1) is 13.5. The summed E-state index contributed by atoms with van der Waals surface area (Å²) in [6.07, 6.45) is 0.739. The van der Waals surface area contributed by atoms with Crippen LogP contribution in [0.25, 0.3) is 0 Å². The number of hydrogen-bond donors (Lipinski definition) is 1. The zero-order valence-electron chi connectivity index (χ0n) is 16.1. The van der Waals surface area contributed by atoms with Crippen LogP contribution in [0.3, 0.4) is 0 Å². The van der Waals surface area contributed by atoms with Gasteiger partial charge in [0.15, 0.2) is 0 Å². The molecule has 0 unspecified atom stereocenters. The van der Waals surface area contributed by atoms with E-state index >= 15 is 0 Å². The quantitative estimate of drug-likeness (QED) is 0.724. The van der Waals surface area contributed by atoms with Crippen LogP contribution in [0.5, 0.6) is 0 Å². The molecule has 148 valence electrons. The predicted octanol–water partition coefficient (Wildman–Crippen LogP) is 2.22. The van der Waals surface area contributed by atoms with Gasteiger partial charge in [0.1, 0.15) is 0 Å². The van der Waals surface area contributed by atoms with Crippen LogP contribution in [0.1, 0.15) is 23.6 Å². The van der Waals surface area contributed by atoms with Crippen molar-refractivity contribution in [1.82, 2.24) is 14.5 Å². The number of sulfonamides is 1. The first kappa shape index (κ1) is 20.5. The molecular weight excluding hydrogens is 372 g/mol. The monoisotopic (exact) mass is 398 g/mol. The van der Waals surface area contributed by atoms with E-state index < -0.39 is 10.0 Å². The number of nitriles is 1. The molecule has 1 fully saturated rings. The highest BCUT2D eigenvalue weighted by molar-refractivity contribution is 7.89. The van der Waals surface area contributed by atoms with E-state index in [1.807, 2.05) is 12.1 Å². The Morgan fingerprint density at radius 2 is 1.82 bits per heavy atom. The fourth-order valence-corrected chi connectivity index (χ4v) is 4.57. The molecule has 28 heavy (non-hydrogen) atoms. The number of nitrogens with one attached hydrogen (secondary N) is 1. The number of likely N-dealkylation sites (N-methyl/N-ethyl adjacent to an activating group) is 1. The zero-order chi connectivity index (χ0) is 20.0. The average Bonchev–Trinajstić information content (AvgIpc) is 2.72. The number of nitrogens with zero attached hydrogens (tertiary/aromatic N) is 3. The molecule has 1 aliphatic rings. The van der Waals surface area contributed by atoms with Gasteiger partial charge in [0.2, 0.25) is 10.0 Å². The Hall–Kier alpha value is -2.24. The third kappa shape index (κ3) is 5.18. The van der Waals surface area contributed by atoms with Crippen LogP contribution in [-0.4, -0.2) is 58.0 Å². The van der Waals surface area contributed by atoms with Crippen LogP contribution < -0.4 is 4.72 Å². The van der Waals surface area contributed by atoms with Crippen molar-refractivity contribution in [2.24, 2.45) is 0 Å². The molecule has 0 saturated carbocycles. The van der Waals surface area contributed by atoms with E-state index in [0.717, 1.165) is 32.6 Å². The van der Waals surface area contributed by atoms with Gasteiger partial charge >= 0.3 is 0 Å². The Bertz CT molecular complexity index is 908. The van der Waals surface area contributed by atoms with Crippen LogP contribution in [0.15, 0.2) is 59.5 Å². The van der Waals surface area contributed by atoms with Crippen LogP contribution in [-0.2, 0) is 10.0 Å². The van der Waals surface area contributed by atoms with Gasteiger partial charge in [-0.05, 0) is 43.3 Å². The lowest BCUT2D eigenvalue weighted by molar-refractivity contribution is 0.0892. The molecule has 1 saturated heterocycles. The van der Waals surface area contributed by atoms with E-state index in [4.69, 9.17) is 5.26 Å². The fraction of sp³-hybridized carbons (Fsp3) is 0.381.